The van der Waals surface area contributed by atoms with E-state index in [0.29, 0.717) is 26.3 Å². The van der Waals surface area contributed by atoms with Gasteiger partial charge in [-0.15, -0.1) is 5.10 Å². The predicted molar refractivity (Wildman–Crippen MR) is 98.3 cm³/mol. The number of carbonyl (C=O) groups excluding carboxylic acids is 1. The van der Waals surface area contributed by atoms with Crippen molar-refractivity contribution in [1.82, 2.24) is 19.9 Å². The molecule has 1 aromatic heterocycles. The summed E-state index contributed by atoms with van der Waals surface area (Å²) in [7, 11) is 0. The zero-order valence-electron chi connectivity index (χ0n) is 14.4. The van der Waals surface area contributed by atoms with Gasteiger partial charge >= 0.3 is 0 Å². The van der Waals surface area contributed by atoms with Gasteiger partial charge in [0.15, 0.2) is 0 Å². The molecule has 6 nitrogen and oxygen atoms in total. The molecule has 0 saturated carbocycles. The van der Waals surface area contributed by atoms with E-state index in [2.05, 4.69) is 28.5 Å². The Labute approximate surface area is 152 Å². The molecule has 6 heteroatoms. The minimum atomic E-state index is 0.0427. The molecule has 0 unspecified atom stereocenters. The van der Waals surface area contributed by atoms with Gasteiger partial charge in [-0.3, -0.25) is 4.79 Å². The number of hydrogen-bond donors (Lipinski definition) is 0. The lowest BCUT2D eigenvalue weighted by Crippen LogP contribution is -2.42. The largest absolute Gasteiger partial charge is 0.378 e. The van der Waals surface area contributed by atoms with Gasteiger partial charge in [0, 0.05) is 18.7 Å². The van der Waals surface area contributed by atoms with Crippen molar-refractivity contribution in [2.45, 2.75) is 6.54 Å². The Hall–Kier alpha value is -2.99. The Morgan fingerprint density at radius 3 is 2.42 bits per heavy atom. The van der Waals surface area contributed by atoms with E-state index in [9.17, 15) is 4.79 Å². The Morgan fingerprint density at radius 2 is 1.65 bits per heavy atom. The summed E-state index contributed by atoms with van der Waals surface area (Å²) in [6, 6.07) is 18.3. The van der Waals surface area contributed by atoms with Gasteiger partial charge in [0.25, 0.3) is 0 Å². The van der Waals surface area contributed by atoms with Gasteiger partial charge in [-0.25, -0.2) is 4.68 Å². The number of benzene rings is 2. The quantitative estimate of drug-likeness (QED) is 0.727. The number of carbonyl (C=O) groups is 1. The third-order valence-electron chi connectivity index (χ3n) is 4.49. The van der Waals surface area contributed by atoms with Crippen molar-refractivity contribution in [3.63, 3.8) is 0 Å². The van der Waals surface area contributed by atoms with E-state index >= 15 is 0 Å². The summed E-state index contributed by atoms with van der Waals surface area (Å²) in [6.07, 6.45) is 1.83. The highest BCUT2D eigenvalue weighted by Gasteiger charge is 2.18. The average Bonchev–Trinajstić information content (AvgIpc) is 3.17. The third-order valence-corrected chi connectivity index (χ3v) is 4.49. The van der Waals surface area contributed by atoms with Crippen LogP contribution >= 0.6 is 0 Å². The van der Waals surface area contributed by atoms with Crippen molar-refractivity contribution in [2.75, 3.05) is 26.3 Å². The minimum absolute atomic E-state index is 0.0427. The number of hydrogen-bond acceptors (Lipinski definition) is 4. The third kappa shape index (κ3) is 3.50. The molecule has 4 rings (SSSR count). The lowest BCUT2D eigenvalue weighted by atomic mass is 9.98. The molecule has 0 radical (unpaired) electrons. The first kappa shape index (κ1) is 16.5. The van der Waals surface area contributed by atoms with Gasteiger partial charge in [-0.05, 0) is 11.1 Å². The fourth-order valence-corrected chi connectivity index (χ4v) is 3.13. The molecular formula is C20H20N4O2. The Balaban J connectivity index is 1.56. The highest BCUT2D eigenvalue weighted by Crippen LogP contribution is 2.30. The SMILES string of the molecule is O=C(Cn1cc(-c2ccccc2-c2ccccc2)nn1)N1CCOCC1. The number of nitrogens with zero attached hydrogens (tertiary/aromatic N) is 4. The van der Waals surface area contributed by atoms with E-state index in [0.717, 1.165) is 22.4 Å². The molecule has 2 aromatic carbocycles. The highest BCUT2D eigenvalue weighted by molar-refractivity contribution is 5.81. The summed E-state index contributed by atoms with van der Waals surface area (Å²) in [5, 5.41) is 8.44. The van der Waals surface area contributed by atoms with Crippen LogP contribution in [0.1, 0.15) is 0 Å². The second kappa shape index (κ2) is 7.49. The van der Waals surface area contributed by atoms with Crippen LogP contribution in [-0.2, 0) is 16.1 Å². The van der Waals surface area contributed by atoms with Crippen LogP contribution in [-0.4, -0.2) is 52.1 Å². The second-order valence-corrected chi connectivity index (χ2v) is 6.21. The Kier molecular flexibility index (Phi) is 4.75. The van der Waals surface area contributed by atoms with Gasteiger partial charge < -0.3 is 9.64 Å². The topological polar surface area (TPSA) is 60.2 Å². The first-order chi connectivity index (χ1) is 12.8. The summed E-state index contributed by atoms with van der Waals surface area (Å²) in [5.74, 6) is 0.0427. The van der Waals surface area contributed by atoms with Crippen molar-refractivity contribution in [2.24, 2.45) is 0 Å². The lowest BCUT2D eigenvalue weighted by molar-refractivity contribution is -0.136. The molecule has 1 fully saturated rings. The maximum atomic E-state index is 12.4. The van der Waals surface area contributed by atoms with Crippen LogP contribution in [0, 0.1) is 0 Å². The summed E-state index contributed by atoms with van der Waals surface area (Å²) in [5.41, 5.74) is 3.99. The highest BCUT2D eigenvalue weighted by atomic mass is 16.5. The van der Waals surface area contributed by atoms with E-state index in [1.54, 1.807) is 4.68 Å². The van der Waals surface area contributed by atoms with E-state index < -0.39 is 0 Å². The average molecular weight is 348 g/mol. The number of morpholine rings is 1. The summed E-state index contributed by atoms with van der Waals surface area (Å²) < 4.78 is 6.89. The van der Waals surface area contributed by atoms with Crippen molar-refractivity contribution >= 4 is 5.91 Å². The van der Waals surface area contributed by atoms with Crippen molar-refractivity contribution in [3.05, 3.63) is 60.8 Å². The first-order valence-electron chi connectivity index (χ1n) is 8.72. The molecule has 0 N–H and O–H groups in total. The van der Waals surface area contributed by atoms with Gasteiger partial charge in [0.1, 0.15) is 12.2 Å². The smallest absolute Gasteiger partial charge is 0.244 e. The number of rotatable bonds is 4. The molecule has 0 bridgehead atoms. The molecule has 0 aliphatic carbocycles. The fourth-order valence-electron chi connectivity index (χ4n) is 3.13. The molecule has 26 heavy (non-hydrogen) atoms. The van der Waals surface area contributed by atoms with E-state index in [4.69, 9.17) is 4.74 Å². The monoisotopic (exact) mass is 348 g/mol. The lowest BCUT2D eigenvalue weighted by Gasteiger charge is -2.26. The number of ether oxygens (including phenoxy) is 1. The van der Waals surface area contributed by atoms with Crippen LogP contribution in [0.4, 0.5) is 0 Å². The Bertz CT molecular complexity index is 886. The van der Waals surface area contributed by atoms with Crippen LogP contribution < -0.4 is 0 Å². The van der Waals surface area contributed by atoms with Crippen LogP contribution in [0.5, 0.6) is 0 Å². The minimum Gasteiger partial charge on any atom is -0.378 e. The molecule has 0 atom stereocenters. The molecule has 1 amide bonds. The van der Waals surface area contributed by atoms with Crippen LogP contribution in [0.25, 0.3) is 22.4 Å². The molecular weight excluding hydrogens is 328 g/mol. The van der Waals surface area contributed by atoms with Crippen LogP contribution in [0.3, 0.4) is 0 Å². The molecule has 3 aromatic rings. The van der Waals surface area contributed by atoms with Gasteiger partial charge in [-0.1, -0.05) is 59.8 Å². The van der Waals surface area contributed by atoms with E-state index in [1.165, 1.54) is 0 Å². The number of aromatic nitrogens is 3. The zero-order valence-corrected chi connectivity index (χ0v) is 14.4. The standard InChI is InChI=1S/C20H20N4O2/c25-20(23-10-12-26-13-11-23)15-24-14-19(21-22-24)18-9-5-4-8-17(18)16-6-2-1-3-7-16/h1-9,14H,10-13,15H2. The molecule has 132 valence electrons. The van der Waals surface area contributed by atoms with Crippen molar-refractivity contribution in [3.8, 4) is 22.4 Å². The van der Waals surface area contributed by atoms with Gasteiger partial charge in [0.2, 0.25) is 5.91 Å². The van der Waals surface area contributed by atoms with Crippen molar-refractivity contribution < 1.29 is 9.53 Å². The summed E-state index contributed by atoms with van der Waals surface area (Å²) >= 11 is 0. The molecule has 1 aliphatic rings. The van der Waals surface area contributed by atoms with Gasteiger partial charge in [0.05, 0.1) is 19.4 Å². The van der Waals surface area contributed by atoms with Crippen LogP contribution in [0.2, 0.25) is 0 Å². The summed E-state index contributed by atoms with van der Waals surface area (Å²) in [4.78, 5) is 14.2. The molecule has 1 aliphatic heterocycles. The molecule has 1 saturated heterocycles. The normalized spacial score (nSPS) is 14.4. The van der Waals surface area contributed by atoms with Crippen LogP contribution in [0.15, 0.2) is 60.8 Å². The maximum Gasteiger partial charge on any atom is 0.244 e. The maximum absolute atomic E-state index is 12.4. The van der Waals surface area contributed by atoms with Crippen molar-refractivity contribution in [1.29, 1.82) is 0 Å². The van der Waals surface area contributed by atoms with E-state index in [1.807, 2.05) is 47.5 Å². The molecule has 0 spiro atoms. The zero-order chi connectivity index (χ0) is 17.8. The van der Waals surface area contributed by atoms with E-state index in [-0.39, 0.29) is 12.5 Å². The second-order valence-electron chi connectivity index (χ2n) is 6.21. The number of amides is 1. The summed E-state index contributed by atoms with van der Waals surface area (Å²) in [6.45, 7) is 2.66. The van der Waals surface area contributed by atoms with Gasteiger partial charge in [-0.2, -0.15) is 0 Å². The Morgan fingerprint density at radius 1 is 0.962 bits per heavy atom. The molecule has 2 heterocycles. The first-order valence-corrected chi connectivity index (χ1v) is 8.72. The predicted octanol–water partition coefficient (Wildman–Crippen LogP) is 2.47. The fraction of sp³-hybridized carbons (Fsp3) is 0.250.